The summed E-state index contributed by atoms with van der Waals surface area (Å²) in [7, 11) is 1.67. The van der Waals surface area contributed by atoms with E-state index in [2.05, 4.69) is 39.9 Å². The zero-order valence-electron chi connectivity index (χ0n) is 13.7. The van der Waals surface area contributed by atoms with E-state index in [9.17, 15) is 0 Å². The van der Waals surface area contributed by atoms with Crippen LogP contribution in [-0.2, 0) is 0 Å². The molecule has 0 aliphatic carbocycles. The summed E-state index contributed by atoms with van der Waals surface area (Å²) < 4.78 is 10.9. The second-order valence-electron chi connectivity index (χ2n) is 7.04. The molecular formula is C17H29NO2. The van der Waals surface area contributed by atoms with Gasteiger partial charge in [0, 0.05) is 12.1 Å². The van der Waals surface area contributed by atoms with Gasteiger partial charge in [-0.3, -0.25) is 0 Å². The molecule has 0 radical (unpaired) electrons. The van der Waals surface area contributed by atoms with Crippen LogP contribution in [0.5, 0.6) is 11.5 Å². The summed E-state index contributed by atoms with van der Waals surface area (Å²) in [5.74, 6) is 1.75. The Morgan fingerprint density at radius 3 is 2.00 bits per heavy atom. The Bertz CT molecular complexity index is 390. The molecule has 1 N–H and O–H groups in total. The number of rotatable bonds is 7. The first-order valence-electron chi connectivity index (χ1n) is 7.24. The summed E-state index contributed by atoms with van der Waals surface area (Å²) in [6.45, 7) is 12.8. The Labute approximate surface area is 123 Å². The Kier molecular flexibility index (Phi) is 5.88. The molecular weight excluding hydrogens is 250 g/mol. The molecule has 0 amide bonds. The third-order valence-corrected chi connectivity index (χ3v) is 3.20. The number of benzene rings is 1. The van der Waals surface area contributed by atoms with Crippen molar-refractivity contribution < 1.29 is 9.47 Å². The minimum absolute atomic E-state index is 0.161. The van der Waals surface area contributed by atoms with Crippen molar-refractivity contribution in [3.63, 3.8) is 0 Å². The van der Waals surface area contributed by atoms with Crippen LogP contribution in [0.4, 0.5) is 0 Å². The summed E-state index contributed by atoms with van der Waals surface area (Å²) >= 11 is 0. The molecule has 3 heteroatoms. The maximum Gasteiger partial charge on any atom is 0.119 e. The van der Waals surface area contributed by atoms with E-state index in [1.54, 1.807) is 7.11 Å². The van der Waals surface area contributed by atoms with Crippen LogP contribution in [0, 0.1) is 5.41 Å². The highest BCUT2D eigenvalue weighted by molar-refractivity contribution is 5.31. The van der Waals surface area contributed by atoms with Crippen molar-refractivity contribution in [1.29, 1.82) is 0 Å². The van der Waals surface area contributed by atoms with Crippen LogP contribution in [0.15, 0.2) is 24.3 Å². The van der Waals surface area contributed by atoms with Gasteiger partial charge in [0.05, 0.1) is 13.7 Å². The Morgan fingerprint density at radius 2 is 1.50 bits per heavy atom. The molecule has 0 spiro atoms. The van der Waals surface area contributed by atoms with Crippen LogP contribution < -0.4 is 14.8 Å². The molecule has 0 atom stereocenters. The quantitative estimate of drug-likeness (QED) is 0.821. The van der Waals surface area contributed by atoms with E-state index in [0.29, 0.717) is 0 Å². The molecule has 0 unspecified atom stereocenters. The lowest BCUT2D eigenvalue weighted by Crippen LogP contribution is -2.42. The van der Waals surface area contributed by atoms with E-state index in [4.69, 9.17) is 9.47 Å². The highest BCUT2D eigenvalue weighted by atomic mass is 16.5. The van der Waals surface area contributed by atoms with E-state index in [1.807, 2.05) is 24.3 Å². The van der Waals surface area contributed by atoms with Crippen molar-refractivity contribution in [2.24, 2.45) is 5.41 Å². The second kappa shape index (κ2) is 6.98. The lowest BCUT2D eigenvalue weighted by atomic mass is 9.88. The zero-order chi connectivity index (χ0) is 15.2. The topological polar surface area (TPSA) is 30.5 Å². The Morgan fingerprint density at radius 1 is 0.950 bits per heavy atom. The average molecular weight is 279 g/mol. The molecule has 0 fully saturated rings. The number of ether oxygens (including phenoxy) is 2. The molecule has 1 aromatic carbocycles. The van der Waals surface area contributed by atoms with Crippen molar-refractivity contribution in [2.45, 2.75) is 46.6 Å². The molecule has 3 nitrogen and oxygen atoms in total. The fourth-order valence-electron chi connectivity index (χ4n) is 1.71. The van der Waals surface area contributed by atoms with Crippen molar-refractivity contribution in [2.75, 3.05) is 20.3 Å². The molecule has 20 heavy (non-hydrogen) atoms. The first-order chi connectivity index (χ1) is 9.22. The van der Waals surface area contributed by atoms with Gasteiger partial charge < -0.3 is 14.8 Å². The molecule has 0 saturated heterocycles. The highest BCUT2D eigenvalue weighted by Crippen LogP contribution is 2.22. The summed E-state index contributed by atoms with van der Waals surface area (Å²) in [4.78, 5) is 0. The smallest absolute Gasteiger partial charge is 0.119 e. The number of hydrogen-bond acceptors (Lipinski definition) is 3. The molecule has 0 aliphatic heterocycles. The first-order valence-corrected chi connectivity index (χ1v) is 7.24. The van der Waals surface area contributed by atoms with Gasteiger partial charge in [0.2, 0.25) is 0 Å². The molecule has 0 aromatic heterocycles. The van der Waals surface area contributed by atoms with Gasteiger partial charge in [-0.1, -0.05) is 13.8 Å². The fraction of sp³-hybridized carbons (Fsp3) is 0.647. The molecule has 1 aromatic rings. The van der Waals surface area contributed by atoms with Crippen molar-refractivity contribution in [1.82, 2.24) is 5.32 Å². The maximum absolute atomic E-state index is 5.79. The van der Waals surface area contributed by atoms with Crippen molar-refractivity contribution >= 4 is 0 Å². The van der Waals surface area contributed by atoms with Gasteiger partial charge in [0.1, 0.15) is 11.5 Å². The van der Waals surface area contributed by atoms with Crippen molar-refractivity contribution in [3.8, 4) is 11.5 Å². The predicted octanol–water partition coefficient (Wildman–Crippen LogP) is 3.88. The molecule has 0 aliphatic rings. The van der Waals surface area contributed by atoms with E-state index >= 15 is 0 Å². The largest absolute Gasteiger partial charge is 0.497 e. The van der Waals surface area contributed by atoms with Gasteiger partial charge >= 0.3 is 0 Å². The SMILES string of the molecule is COc1ccc(OCCC(C)(C)CNC(C)(C)C)cc1. The van der Waals surface area contributed by atoms with E-state index in [0.717, 1.165) is 31.1 Å². The monoisotopic (exact) mass is 279 g/mol. The third-order valence-electron chi connectivity index (χ3n) is 3.20. The highest BCUT2D eigenvalue weighted by Gasteiger charge is 2.20. The minimum atomic E-state index is 0.161. The number of methoxy groups -OCH3 is 1. The van der Waals surface area contributed by atoms with Crippen LogP contribution >= 0.6 is 0 Å². The molecule has 0 bridgehead atoms. The fourth-order valence-corrected chi connectivity index (χ4v) is 1.71. The third kappa shape index (κ3) is 6.80. The van der Waals surface area contributed by atoms with Crippen LogP contribution in [-0.4, -0.2) is 25.8 Å². The molecule has 114 valence electrons. The van der Waals surface area contributed by atoms with E-state index in [-0.39, 0.29) is 11.0 Å². The lowest BCUT2D eigenvalue weighted by molar-refractivity contribution is 0.209. The number of hydrogen-bond donors (Lipinski definition) is 1. The molecule has 0 saturated carbocycles. The maximum atomic E-state index is 5.79. The van der Waals surface area contributed by atoms with Gasteiger partial charge in [-0.15, -0.1) is 0 Å². The normalized spacial score (nSPS) is 12.3. The van der Waals surface area contributed by atoms with Gasteiger partial charge in [-0.2, -0.15) is 0 Å². The predicted molar refractivity (Wildman–Crippen MR) is 84.6 cm³/mol. The van der Waals surface area contributed by atoms with Crippen LogP contribution in [0.2, 0.25) is 0 Å². The van der Waals surface area contributed by atoms with Gasteiger partial charge in [0.15, 0.2) is 0 Å². The average Bonchev–Trinajstić information content (AvgIpc) is 2.37. The Balaban J connectivity index is 2.34. The van der Waals surface area contributed by atoms with Gasteiger partial charge in [-0.25, -0.2) is 0 Å². The van der Waals surface area contributed by atoms with Crippen molar-refractivity contribution in [3.05, 3.63) is 24.3 Å². The summed E-state index contributed by atoms with van der Waals surface area (Å²) in [6.07, 6.45) is 1.02. The lowest BCUT2D eigenvalue weighted by Gasteiger charge is -2.30. The van der Waals surface area contributed by atoms with Crippen LogP contribution in [0.1, 0.15) is 41.0 Å². The van der Waals surface area contributed by atoms with Gasteiger partial charge in [0.25, 0.3) is 0 Å². The van der Waals surface area contributed by atoms with Crippen LogP contribution in [0.3, 0.4) is 0 Å². The summed E-state index contributed by atoms with van der Waals surface area (Å²) in [6, 6.07) is 7.72. The van der Waals surface area contributed by atoms with E-state index in [1.165, 1.54) is 0 Å². The number of nitrogens with one attached hydrogen (secondary N) is 1. The zero-order valence-corrected chi connectivity index (χ0v) is 13.7. The molecule has 0 heterocycles. The summed E-state index contributed by atoms with van der Waals surface area (Å²) in [5.41, 5.74) is 0.383. The first kappa shape index (κ1) is 16.8. The van der Waals surface area contributed by atoms with E-state index < -0.39 is 0 Å². The summed E-state index contributed by atoms with van der Waals surface area (Å²) in [5, 5.41) is 3.55. The van der Waals surface area contributed by atoms with Crippen LogP contribution in [0.25, 0.3) is 0 Å². The molecule has 1 rings (SSSR count). The van der Waals surface area contributed by atoms with Gasteiger partial charge in [-0.05, 0) is 56.9 Å². The minimum Gasteiger partial charge on any atom is -0.497 e. The standard InChI is InChI=1S/C17H29NO2/c1-16(2,3)18-13-17(4,5)11-12-20-15-9-7-14(19-6)8-10-15/h7-10,18H,11-13H2,1-6H3. The second-order valence-corrected chi connectivity index (χ2v) is 7.04. The Hall–Kier alpha value is -1.22.